The normalized spacial score (nSPS) is 10.0. The second-order valence-corrected chi connectivity index (χ2v) is 4.09. The van der Waals surface area contributed by atoms with Crippen molar-refractivity contribution in [3.05, 3.63) is 53.9 Å². The summed E-state index contributed by atoms with van der Waals surface area (Å²) >= 11 is 0. The highest BCUT2D eigenvalue weighted by Gasteiger charge is 2.14. The molecule has 1 amide bonds. The van der Waals surface area contributed by atoms with Gasteiger partial charge in [0, 0.05) is 12.4 Å². The van der Waals surface area contributed by atoms with Gasteiger partial charge in [-0.15, -0.1) is 0 Å². The van der Waals surface area contributed by atoms with Crippen LogP contribution in [0.3, 0.4) is 0 Å². The molecule has 0 saturated carbocycles. The average molecular weight is 272 g/mol. The van der Waals surface area contributed by atoms with Crippen molar-refractivity contribution in [1.82, 2.24) is 4.98 Å². The zero-order valence-electron chi connectivity index (χ0n) is 10.4. The van der Waals surface area contributed by atoms with Gasteiger partial charge in [0.25, 0.3) is 0 Å². The van der Waals surface area contributed by atoms with E-state index in [0.29, 0.717) is 0 Å². The van der Waals surface area contributed by atoms with E-state index in [-0.39, 0.29) is 23.6 Å². The Balaban J connectivity index is 2.12. The maximum Gasteiger partial charge on any atom is 0.339 e. The fraction of sp³-hybridized carbons (Fsp3) is 0.0714. The Morgan fingerprint density at radius 3 is 2.65 bits per heavy atom. The predicted octanol–water partition coefficient (Wildman–Crippen LogP) is 1.67. The van der Waals surface area contributed by atoms with Crippen LogP contribution < -0.4 is 5.32 Å². The van der Waals surface area contributed by atoms with Crippen LogP contribution in [0.2, 0.25) is 0 Å². The monoisotopic (exact) mass is 272 g/mol. The van der Waals surface area contributed by atoms with Crippen LogP contribution in [0.4, 0.5) is 5.69 Å². The first kappa shape index (κ1) is 13.5. The highest BCUT2D eigenvalue weighted by atomic mass is 16.4. The van der Waals surface area contributed by atoms with Gasteiger partial charge in [0.05, 0.1) is 12.1 Å². The highest BCUT2D eigenvalue weighted by molar-refractivity contribution is 5.98. The Bertz CT molecular complexity index is 641. The summed E-state index contributed by atoms with van der Waals surface area (Å²) in [5, 5.41) is 21.1. The fourth-order valence-corrected chi connectivity index (χ4v) is 1.70. The number of benzene rings is 1. The van der Waals surface area contributed by atoms with Gasteiger partial charge in [-0.2, -0.15) is 0 Å². The number of carbonyl (C=O) groups excluding carboxylic acids is 1. The Labute approximate surface area is 114 Å². The van der Waals surface area contributed by atoms with Gasteiger partial charge >= 0.3 is 5.97 Å². The molecule has 6 nitrogen and oxygen atoms in total. The number of phenols is 1. The summed E-state index contributed by atoms with van der Waals surface area (Å²) in [6.07, 6.45) is 3.25. The van der Waals surface area contributed by atoms with E-state index in [2.05, 4.69) is 10.3 Å². The molecule has 102 valence electrons. The first-order valence-electron chi connectivity index (χ1n) is 5.82. The lowest BCUT2D eigenvalue weighted by Gasteiger charge is -2.09. The number of carboxylic acid groups (broad SMARTS) is 1. The predicted molar refractivity (Wildman–Crippen MR) is 71.6 cm³/mol. The fourth-order valence-electron chi connectivity index (χ4n) is 1.70. The number of amides is 1. The number of nitrogens with one attached hydrogen (secondary N) is 1. The molecular formula is C14H12N2O4. The average Bonchev–Trinajstić information content (AvgIpc) is 2.42. The molecule has 2 aromatic rings. The molecule has 20 heavy (non-hydrogen) atoms. The van der Waals surface area contributed by atoms with Gasteiger partial charge < -0.3 is 15.5 Å². The number of hydrogen-bond donors (Lipinski definition) is 3. The SMILES string of the molecule is O=C(Cc1cccnc1)Nc1cccc(C(=O)O)c1O. The molecule has 0 bridgehead atoms. The summed E-state index contributed by atoms with van der Waals surface area (Å²) in [6, 6.07) is 7.60. The van der Waals surface area contributed by atoms with Crippen LogP contribution in [0.1, 0.15) is 15.9 Å². The van der Waals surface area contributed by atoms with E-state index in [9.17, 15) is 14.7 Å². The highest BCUT2D eigenvalue weighted by Crippen LogP contribution is 2.27. The molecule has 0 spiro atoms. The largest absolute Gasteiger partial charge is 0.505 e. The summed E-state index contributed by atoms with van der Waals surface area (Å²) < 4.78 is 0. The van der Waals surface area contributed by atoms with E-state index in [0.717, 1.165) is 5.56 Å². The molecule has 0 saturated heterocycles. The van der Waals surface area contributed by atoms with Crippen LogP contribution >= 0.6 is 0 Å². The molecule has 3 N–H and O–H groups in total. The Morgan fingerprint density at radius 2 is 2.00 bits per heavy atom. The van der Waals surface area contributed by atoms with Gasteiger partial charge in [-0.25, -0.2) is 4.79 Å². The number of carboxylic acids is 1. The van der Waals surface area contributed by atoms with Gasteiger partial charge in [0.2, 0.25) is 5.91 Å². The second-order valence-electron chi connectivity index (χ2n) is 4.09. The van der Waals surface area contributed by atoms with Crippen molar-refractivity contribution in [2.24, 2.45) is 0 Å². The van der Waals surface area contributed by atoms with Crippen molar-refractivity contribution in [2.45, 2.75) is 6.42 Å². The van der Waals surface area contributed by atoms with E-state index in [1.165, 1.54) is 18.2 Å². The third-order valence-corrected chi connectivity index (χ3v) is 2.63. The summed E-state index contributed by atoms with van der Waals surface area (Å²) in [5.41, 5.74) is 0.529. The molecule has 0 aliphatic carbocycles. The van der Waals surface area contributed by atoms with E-state index in [4.69, 9.17) is 5.11 Å². The Morgan fingerprint density at radius 1 is 1.20 bits per heavy atom. The number of para-hydroxylation sites is 1. The number of aromatic nitrogens is 1. The van der Waals surface area contributed by atoms with Crippen molar-refractivity contribution in [2.75, 3.05) is 5.32 Å². The van der Waals surface area contributed by atoms with E-state index >= 15 is 0 Å². The molecule has 1 aromatic carbocycles. The number of nitrogens with zero attached hydrogens (tertiary/aromatic N) is 1. The summed E-state index contributed by atoms with van der Waals surface area (Å²) in [4.78, 5) is 26.6. The zero-order valence-corrected chi connectivity index (χ0v) is 10.4. The molecule has 1 aromatic heterocycles. The molecule has 0 aliphatic heterocycles. The molecule has 0 atom stereocenters. The molecule has 6 heteroatoms. The Kier molecular flexibility index (Phi) is 3.95. The minimum absolute atomic E-state index is 0.0683. The molecule has 0 aliphatic rings. The van der Waals surface area contributed by atoms with Crippen LogP contribution in [0.5, 0.6) is 5.75 Å². The molecule has 0 fully saturated rings. The first-order chi connectivity index (χ1) is 9.58. The number of carbonyl (C=O) groups is 2. The van der Waals surface area contributed by atoms with E-state index < -0.39 is 11.7 Å². The maximum atomic E-state index is 11.8. The van der Waals surface area contributed by atoms with Crippen LogP contribution in [-0.4, -0.2) is 27.1 Å². The lowest BCUT2D eigenvalue weighted by Crippen LogP contribution is -2.15. The molecule has 0 radical (unpaired) electrons. The first-order valence-corrected chi connectivity index (χ1v) is 5.82. The molecular weight excluding hydrogens is 260 g/mol. The third-order valence-electron chi connectivity index (χ3n) is 2.63. The van der Waals surface area contributed by atoms with E-state index in [1.807, 2.05) is 0 Å². The van der Waals surface area contributed by atoms with Crippen molar-refractivity contribution >= 4 is 17.6 Å². The topological polar surface area (TPSA) is 99.5 Å². The number of rotatable bonds is 4. The lowest BCUT2D eigenvalue weighted by molar-refractivity contribution is -0.115. The van der Waals surface area contributed by atoms with Crippen LogP contribution in [-0.2, 0) is 11.2 Å². The molecule has 1 heterocycles. The zero-order chi connectivity index (χ0) is 14.5. The van der Waals surface area contributed by atoms with Gasteiger partial charge in [0.15, 0.2) is 5.75 Å². The lowest BCUT2D eigenvalue weighted by atomic mass is 10.1. The van der Waals surface area contributed by atoms with Crippen LogP contribution in [0.25, 0.3) is 0 Å². The summed E-state index contributed by atoms with van der Waals surface area (Å²) in [5.74, 6) is -2.08. The number of hydrogen-bond acceptors (Lipinski definition) is 4. The van der Waals surface area contributed by atoms with Gasteiger partial charge in [0.1, 0.15) is 5.56 Å². The number of anilines is 1. The number of pyridine rings is 1. The van der Waals surface area contributed by atoms with Crippen molar-refractivity contribution in [1.29, 1.82) is 0 Å². The van der Waals surface area contributed by atoms with Gasteiger partial charge in [-0.05, 0) is 23.8 Å². The summed E-state index contributed by atoms with van der Waals surface area (Å²) in [6.45, 7) is 0. The van der Waals surface area contributed by atoms with Crippen molar-refractivity contribution in [3.63, 3.8) is 0 Å². The van der Waals surface area contributed by atoms with Gasteiger partial charge in [-0.1, -0.05) is 12.1 Å². The second kappa shape index (κ2) is 5.83. The quantitative estimate of drug-likeness (QED) is 0.735. The number of aromatic carboxylic acids is 1. The van der Waals surface area contributed by atoms with Crippen LogP contribution in [0.15, 0.2) is 42.7 Å². The smallest absolute Gasteiger partial charge is 0.339 e. The van der Waals surface area contributed by atoms with E-state index in [1.54, 1.807) is 24.5 Å². The van der Waals surface area contributed by atoms with Gasteiger partial charge in [-0.3, -0.25) is 9.78 Å². The van der Waals surface area contributed by atoms with Crippen molar-refractivity contribution in [3.8, 4) is 5.75 Å². The minimum Gasteiger partial charge on any atom is -0.505 e. The van der Waals surface area contributed by atoms with Crippen LogP contribution in [0, 0.1) is 0 Å². The maximum absolute atomic E-state index is 11.8. The molecule has 2 rings (SSSR count). The van der Waals surface area contributed by atoms with Crippen molar-refractivity contribution < 1.29 is 19.8 Å². The third kappa shape index (κ3) is 3.11. The number of aromatic hydroxyl groups is 1. The minimum atomic E-state index is -1.26. The standard InChI is InChI=1S/C14H12N2O4/c17-12(7-9-3-2-6-15-8-9)16-11-5-1-4-10(13(11)18)14(19)20/h1-6,8,18H,7H2,(H,16,17)(H,19,20). The Hall–Kier alpha value is -2.89. The summed E-state index contributed by atoms with van der Waals surface area (Å²) in [7, 11) is 0. The molecule has 0 unspecified atom stereocenters.